The van der Waals surface area contributed by atoms with Crippen LogP contribution in [0.2, 0.25) is 0 Å². The van der Waals surface area contributed by atoms with Gasteiger partial charge in [-0.05, 0) is 25.3 Å². The first kappa shape index (κ1) is 11.2. The smallest absolute Gasteiger partial charge is 0.302 e. The molecule has 1 aromatic heterocycles. The number of esters is 1. The van der Waals surface area contributed by atoms with E-state index >= 15 is 0 Å². The van der Waals surface area contributed by atoms with Gasteiger partial charge in [0.15, 0.2) is 0 Å². The van der Waals surface area contributed by atoms with Gasteiger partial charge in [0.1, 0.15) is 0 Å². The number of hydrogen-bond acceptors (Lipinski definition) is 3. The second kappa shape index (κ2) is 6.85. The summed E-state index contributed by atoms with van der Waals surface area (Å²) < 4.78 is 4.40. The van der Waals surface area contributed by atoms with Gasteiger partial charge in [-0.15, -0.1) is 11.3 Å². The van der Waals surface area contributed by atoms with Crippen LogP contribution in [0.15, 0.2) is 17.5 Å². The van der Waals surface area contributed by atoms with Gasteiger partial charge in [0, 0.05) is 11.8 Å². The summed E-state index contributed by atoms with van der Waals surface area (Å²) in [5, 5.41) is 2.08. The maximum atomic E-state index is 9.82. The number of hydrogen-bond donors (Lipinski definition) is 0. The molecule has 12 heavy (non-hydrogen) atoms. The molecule has 0 radical (unpaired) electrons. The number of rotatable bonds is 1. The maximum Gasteiger partial charge on any atom is 0.302 e. The fourth-order valence-electron chi connectivity index (χ4n) is 0.564. The fraction of sp³-hybridized carbons (Fsp3) is 0.444. The van der Waals surface area contributed by atoms with Crippen molar-refractivity contribution in [2.24, 2.45) is 0 Å². The van der Waals surface area contributed by atoms with Crippen LogP contribution in [0.25, 0.3) is 0 Å². The van der Waals surface area contributed by atoms with Crippen molar-refractivity contribution in [1.29, 1.82) is 0 Å². The summed E-state index contributed by atoms with van der Waals surface area (Å²) in [6, 6.07) is 4.16. The Hall–Kier alpha value is -0.830. The van der Waals surface area contributed by atoms with Crippen LogP contribution in [0, 0.1) is 6.92 Å². The van der Waals surface area contributed by atoms with Gasteiger partial charge in [-0.1, -0.05) is 6.07 Å². The molecule has 3 heteroatoms. The Labute approximate surface area is 77.2 Å². The molecule has 0 saturated heterocycles. The normalized spacial score (nSPS) is 8.25. The molecule has 0 aliphatic carbocycles. The van der Waals surface area contributed by atoms with Crippen molar-refractivity contribution in [2.75, 3.05) is 6.61 Å². The van der Waals surface area contributed by atoms with Gasteiger partial charge in [-0.25, -0.2) is 0 Å². The monoisotopic (exact) mass is 186 g/mol. The molecule has 0 atom stereocenters. The summed E-state index contributed by atoms with van der Waals surface area (Å²) in [6.07, 6.45) is 0. The lowest BCUT2D eigenvalue weighted by molar-refractivity contribution is -0.140. The number of thiophene rings is 1. The predicted molar refractivity (Wildman–Crippen MR) is 51.4 cm³/mol. The van der Waals surface area contributed by atoms with Crippen LogP contribution in [-0.4, -0.2) is 12.6 Å². The summed E-state index contributed by atoms with van der Waals surface area (Å²) in [4.78, 5) is 11.2. The number of carbonyl (C=O) groups excluding carboxylic acids is 1. The summed E-state index contributed by atoms with van der Waals surface area (Å²) in [7, 11) is 0. The maximum absolute atomic E-state index is 9.82. The van der Waals surface area contributed by atoms with Gasteiger partial charge in [0.25, 0.3) is 0 Å². The van der Waals surface area contributed by atoms with Crippen LogP contribution >= 0.6 is 11.3 Å². The fourth-order valence-corrected chi connectivity index (χ4v) is 1.09. The third kappa shape index (κ3) is 7.28. The third-order valence-electron chi connectivity index (χ3n) is 1.01. The van der Waals surface area contributed by atoms with Crippen LogP contribution in [0.3, 0.4) is 0 Å². The zero-order valence-corrected chi connectivity index (χ0v) is 8.48. The molecular formula is C9H14O2S. The molecular weight excluding hydrogens is 172 g/mol. The first-order valence-corrected chi connectivity index (χ1v) is 4.68. The summed E-state index contributed by atoms with van der Waals surface area (Å²) >= 11 is 1.78. The van der Waals surface area contributed by atoms with Gasteiger partial charge in [0.05, 0.1) is 6.61 Å². The van der Waals surface area contributed by atoms with E-state index in [1.54, 1.807) is 18.3 Å². The Bertz CT molecular complexity index is 204. The molecule has 0 unspecified atom stereocenters. The van der Waals surface area contributed by atoms with E-state index in [2.05, 4.69) is 29.2 Å². The third-order valence-corrected chi connectivity index (χ3v) is 1.81. The zero-order chi connectivity index (χ0) is 9.40. The Morgan fingerprint density at radius 2 is 2.33 bits per heavy atom. The van der Waals surface area contributed by atoms with E-state index in [-0.39, 0.29) is 5.97 Å². The lowest BCUT2D eigenvalue weighted by atomic mass is 10.5. The molecule has 68 valence electrons. The van der Waals surface area contributed by atoms with E-state index in [9.17, 15) is 4.79 Å². The highest BCUT2D eigenvalue weighted by Gasteiger charge is 1.81. The van der Waals surface area contributed by atoms with E-state index in [1.807, 2.05) is 0 Å². The van der Waals surface area contributed by atoms with Gasteiger partial charge in [-0.3, -0.25) is 4.79 Å². The molecule has 0 spiro atoms. The topological polar surface area (TPSA) is 26.3 Å². The molecule has 1 heterocycles. The Kier molecular flexibility index (Phi) is 6.38. The van der Waals surface area contributed by atoms with Crippen LogP contribution in [0.5, 0.6) is 0 Å². The van der Waals surface area contributed by atoms with Crippen molar-refractivity contribution in [2.45, 2.75) is 20.8 Å². The largest absolute Gasteiger partial charge is 0.466 e. The molecule has 0 fully saturated rings. The predicted octanol–water partition coefficient (Wildman–Crippen LogP) is 2.63. The minimum Gasteiger partial charge on any atom is -0.466 e. The first-order valence-electron chi connectivity index (χ1n) is 3.80. The van der Waals surface area contributed by atoms with Crippen molar-refractivity contribution in [1.82, 2.24) is 0 Å². The number of aryl methyl sites for hydroxylation is 1. The standard InChI is InChI=1S/C5H6S.C4H8O2/c1-5-3-2-4-6-5;1-3-6-4(2)5/h2-4H,1H3;3H2,1-2H3. The highest BCUT2D eigenvalue weighted by Crippen LogP contribution is 2.03. The quantitative estimate of drug-likeness (QED) is 0.630. The Morgan fingerprint density at radius 3 is 2.42 bits per heavy atom. The highest BCUT2D eigenvalue weighted by atomic mass is 32.1. The van der Waals surface area contributed by atoms with Crippen molar-refractivity contribution in [3.63, 3.8) is 0 Å². The van der Waals surface area contributed by atoms with Crippen molar-refractivity contribution < 1.29 is 9.53 Å². The average Bonchev–Trinajstić information content (AvgIpc) is 2.40. The lowest BCUT2D eigenvalue weighted by Crippen LogP contribution is -1.95. The van der Waals surface area contributed by atoms with Gasteiger partial charge < -0.3 is 4.74 Å². The molecule has 0 amide bonds. The van der Waals surface area contributed by atoms with Gasteiger partial charge in [0.2, 0.25) is 0 Å². The Balaban J connectivity index is 0.000000202. The van der Waals surface area contributed by atoms with E-state index < -0.39 is 0 Å². The van der Waals surface area contributed by atoms with E-state index in [4.69, 9.17) is 0 Å². The zero-order valence-electron chi connectivity index (χ0n) is 7.66. The SMILES string of the molecule is CCOC(C)=O.Cc1cccs1. The molecule has 2 nitrogen and oxygen atoms in total. The van der Waals surface area contributed by atoms with Crippen LogP contribution < -0.4 is 0 Å². The van der Waals surface area contributed by atoms with Crippen LogP contribution in [0.4, 0.5) is 0 Å². The van der Waals surface area contributed by atoms with E-state index in [1.165, 1.54) is 11.8 Å². The summed E-state index contributed by atoms with van der Waals surface area (Å²) in [5.74, 6) is -0.211. The van der Waals surface area contributed by atoms with E-state index in [0.29, 0.717) is 6.61 Å². The molecule has 0 bridgehead atoms. The molecule has 0 aliphatic rings. The molecule has 1 aromatic rings. The molecule has 0 aliphatic heterocycles. The minimum atomic E-state index is -0.211. The van der Waals surface area contributed by atoms with Crippen LogP contribution in [0.1, 0.15) is 18.7 Å². The summed E-state index contributed by atoms with van der Waals surface area (Å²) in [6.45, 7) is 5.75. The highest BCUT2D eigenvalue weighted by molar-refractivity contribution is 7.09. The summed E-state index contributed by atoms with van der Waals surface area (Å²) in [5.41, 5.74) is 0. The molecule has 0 aromatic carbocycles. The molecule has 1 rings (SSSR count). The van der Waals surface area contributed by atoms with Crippen LogP contribution in [-0.2, 0) is 9.53 Å². The molecule has 0 N–H and O–H groups in total. The van der Waals surface area contributed by atoms with Crippen molar-refractivity contribution in [3.05, 3.63) is 22.4 Å². The van der Waals surface area contributed by atoms with Gasteiger partial charge >= 0.3 is 5.97 Å². The lowest BCUT2D eigenvalue weighted by Gasteiger charge is -1.89. The Morgan fingerprint density at radius 1 is 1.67 bits per heavy atom. The molecule has 0 saturated carbocycles. The minimum absolute atomic E-state index is 0.211. The average molecular weight is 186 g/mol. The first-order chi connectivity index (χ1) is 5.66. The van der Waals surface area contributed by atoms with E-state index in [0.717, 1.165) is 0 Å². The number of carbonyl (C=O) groups is 1. The second-order valence-electron chi connectivity index (χ2n) is 2.15. The second-order valence-corrected chi connectivity index (χ2v) is 3.30. The van der Waals surface area contributed by atoms with Crippen molar-refractivity contribution in [3.8, 4) is 0 Å². The van der Waals surface area contributed by atoms with Gasteiger partial charge in [-0.2, -0.15) is 0 Å². The van der Waals surface area contributed by atoms with Crippen molar-refractivity contribution >= 4 is 17.3 Å². The number of ether oxygens (including phenoxy) is 1.